The van der Waals surface area contributed by atoms with Crippen molar-refractivity contribution in [1.82, 2.24) is 9.29 Å². The van der Waals surface area contributed by atoms with Crippen molar-refractivity contribution >= 4 is 28.0 Å². The van der Waals surface area contributed by atoms with E-state index in [2.05, 4.69) is 15.6 Å². The molecule has 9 heteroatoms. The highest BCUT2D eigenvalue weighted by molar-refractivity contribution is 7.82. The molecule has 0 fully saturated rings. The summed E-state index contributed by atoms with van der Waals surface area (Å²) < 4.78 is 19.4. The second-order valence-corrected chi connectivity index (χ2v) is 8.42. The molecule has 158 valence electrons. The number of rotatable bonds is 9. The third-order valence-corrected chi connectivity index (χ3v) is 5.96. The molecule has 0 aliphatic rings. The van der Waals surface area contributed by atoms with Crippen LogP contribution in [0.25, 0.3) is 0 Å². The number of methoxy groups -OCH3 is 1. The van der Waals surface area contributed by atoms with Gasteiger partial charge in [-0.2, -0.15) is 0 Å². The summed E-state index contributed by atoms with van der Waals surface area (Å²) in [5.41, 5.74) is 0.613. The van der Waals surface area contributed by atoms with Crippen LogP contribution in [-0.4, -0.2) is 34.7 Å². The zero-order valence-electron chi connectivity index (χ0n) is 17.3. The van der Waals surface area contributed by atoms with Gasteiger partial charge in [0.05, 0.1) is 18.8 Å². The van der Waals surface area contributed by atoms with E-state index in [0.717, 1.165) is 12.0 Å². The summed E-state index contributed by atoms with van der Waals surface area (Å²) in [6.07, 6.45) is 2.20. The van der Waals surface area contributed by atoms with Crippen LogP contribution in [0.5, 0.6) is 5.75 Å². The van der Waals surface area contributed by atoms with Gasteiger partial charge in [-0.15, -0.1) is 0 Å². The minimum absolute atomic E-state index is 0.119. The first-order chi connectivity index (χ1) is 14.4. The zero-order chi connectivity index (χ0) is 21.8. The third-order valence-electron chi connectivity index (χ3n) is 4.67. The quantitative estimate of drug-likeness (QED) is 0.505. The number of ether oxygens (including phenoxy) is 1. The Hall–Kier alpha value is -3.04. The molecule has 0 saturated heterocycles. The number of hydrogen-bond donors (Lipinski definition) is 2. The molecule has 1 heterocycles. The predicted molar refractivity (Wildman–Crippen MR) is 119 cm³/mol. The summed E-state index contributed by atoms with van der Waals surface area (Å²) in [5, 5.41) is 6.38. The van der Waals surface area contributed by atoms with E-state index >= 15 is 0 Å². The molecule has 3 rings (SSSR count). The maximum atomic E-state index is 12.5. The summed E-state index contributed by atoms with van der Waals surface area (Å²) in [7, 11) is 3.21. The van der Waals surface area contributed by atoms with E-state index < -0.39 is 21.8 Å². The van der Waals surface area contributed by atoms with Gasteiger partial charge in [-0.3, -0.25) is 9.59 Å². The van der Waals surface area contributed by atoms with Gasteiger partial charge in [0.15, 0.2) is 10.8 Å². The molecule has 0 bridgehead atoms. The molecule has 0 saturated carbocycles. The highest BCUT2D eigenvalue weighted by atomic mass is 32.2. The average Bonchev–Trinajstić information content (AvgIpc) is 2.78. The Labute approximate surface area is 177 Å². The Bertz CT molecular complexity index is 1120. The number of hydrogen-bond acceptors (Lipinski definition) is 7. The fourth-order valence-electron chi connectivity index (χ4n) is 3.09. The van der Waals surface area contributed by atoms with E-state index in [1.165, 1.54) is 17.6 Å². The second-order valence-electron chi connectivity index (χ2n) is 6.81. The fraction of sp³-hybridized carbons (Fsp3) is 0.286. The third kappa shape index (κ3) is 4.12. The topological polar surface area (TPSA) is 101 Å². The average molecular weight is 429 g/mol. The maximum absolute atomic E-state index is 12.5. The molecule has 0 spiro atoms. The molecule has 8 nitrogen and oxygen atoms in total. The summed E-state index contributed by atoms with van der Waals surface area (Å²) in [5.74, 6) is 0.249. The molecular weight excluding hydrogens is 404 g/mol. The number of benzene rings is 1. The van der Waals surface area contributed by atoms with Gasteiger partial charge >= 0.3 is 0 Å². The Morgan fingerprint density at radius 3 is 2.37 bits per heavy atom. The van der Waals surface area contributed by atoms with E-state index in [4.69, 9.17) is 4.74 Å². The highest BCUT2D eigenvalue weighted by Gasteiger charge is 2.26. The van der Waals surface area contributed by atoms with Crippen LogP contribution in [0.1, 0.15) is 24.9 Å². The maximum Gasteiger partial charge on any atom is 0.253 e. The van der Waals surface area contributed by atoms with Crippen molar-refractivity contribution in [1.29, 1.82) is 0 Å². The van der Waals surface area contributed by atoms with Crippen LogP contribution in [0.2, 0.25) is 0 Å². The van der Waals surface area contributed by atoms with Crippen LogP contribution in [0.3, 0.4) is 0 Å². The molecule has 2 N–H and O–H groups in total. The SMILES string of the molecule is CC[C@@H](Nc1c(Nc2ccnc(S(=O)N(C)C)c2OC)c(=O)c1=O)c1ccccc1. The predicted octanol–water partition coefficient (Wildman–Crippen LogP) is 2.58. The van der Waals surface area contributed by atoms with Crippen molar-refractivity contribution < 1.29 is 8.95 Å². The summed E-state index contributed by atoms with van der Waals surface area (Å²) in [6.45, 7) is 2.00. The van der Waals surface area contributed by atoms with Crippen LogP contribution in [-0.2, 0) is 11.0 Å². The van der Waals surface area contributed by atoms with Crippen molar-refractivity contribution in [3.63, 3.8) is 0 Å². The molecule has 1 aromatic heterocycles. The van der Waals surface area contributed by atoms with Crippen LogP contribution in [0.4, 0.5) is 17.1 Å². The van der Waals surface area contributed by atoms with E-state index in [1.807, 2.05) is 37.3 Å². The minimum atomic E-state index is -1.54. The summed E-state index contributed by atoms with van der Waals surface area (Å²) in [6, 6.07) is 11.2. The lowest BCUT2D eigenvalue weighted by Gasteiger charge is -2.22. The molecule has 0 aliphatic carbocycles. The van der Waals surface area contributed by atoms with Gasteiger partial charge in [-0.1, -0.05) is 37.3 Å². The molecule has 0 amide bonds. The first-order valence-electron chi connectivity index (χ1n) is 9.43. The highest BCUT2D eigenvalue weighted by Crippen LogP contribution is 2.34. The van der Waals surface area contributed by atoms with Crippen LogP contribution in [0, 0.1) is 0 Å². The van der Waals surface area contributed by atoms with Gasteiger partial charge in [-0.25, -0.2) is 13.5 Å². The fourth-order valence-corrected chi connectivity index (χ4v) is 3.93. The van der Waals surface area contributed by atoms with E-state index in [0.29, 0.717) is 5.69 Å². The second kappa shape index (κ2) is 9.19. The Morgan fingerprint density at radius 2 is 1.77 bits per heavy atom. The number of anilines is 3. The van der Waals surface area contributed by atoms with Crippen molar-refractivity contribution in [3.8, 4) is 5.75 Å². The van der Waals surface area contributed by atoms with Crippen LogP contribution in [0.15, 0.2) is 57.2 Å². The van der Waals surface area contributed by atoms with E-state index in [-0.39, 0.29) is 28.2 Å². The van der Waals surface area contributed by atoms with Crippen molar-refractivity contribution in [2.75, 3.05) is 31.8 Å². The lowest BCUT2D eigenvalue weighted by molar-refractivity contribution is 0.400. The molecular formula is C21H24N4O4S. The molecule has 0 radical (unpaired) electrons. The van der Waals surface area contributed by atoms with Gasteiger partial charge in [0.2, 0.25) is 0 Å². The Morgan fingerprint density at radius 1 is 1.10 bits per heavy atom. The largest absolute Gasteiger partial charge is 0.492 e. The smallest absolute Gasteiger partial charge is 0.253 e. The monoisotopic (exact) mass is 428 g/mol. The number of nitrogens with one attached hydrogen (secondary N) is 2. The van der Waals surface area contributed by atoms with E-state index in [9.17, 15) is 13.8 Å². The van der Waals surface area contributed by atoms with E-state index in [1.54, 1.807) is 20.2 Å². The van der Waals surface area contributed by atoms with Crippen molar-refractivity contribution in [3.05, 3.63) is 68.6 Å². The van der Waals surface area contributed by atoms with Gasteiger partial charge in [0.1, 0.15) is 22.4 Å². The number of nitrogens with zero attached hydrogens (tertiary/aromatic N) is 2. The minimum Gasteiger partial charge on any atom is -0.492 e. The molecule has 1 unspecified atom stereocenters. The lowest BCUT2D eigenvalue weighted by atomic mass is 10.0. The summed E-state index contributed by atoms with van der Waals surface area (Å²) >= 11 is 0. The number of pyridine rings is 1. The molecule has 0 aliphatic heterocycles. The Balaban J connectivity index is 1.94. The lowest BCUT2D eigenvalue weighted by Crippen LogP contribution is -2.37. The Kier molecular flexibility index (Phi) is 6.63. The van der Waals surface area contributed by atoms with Crippen LogP contribution < -0.4 is 26.2 Å². The molecule has 2 atom stereocenters. The summed E-state index contributed by atoms with van der Waals surface area (Å²) in [4.78, 5) is 28.7. The van der Waals surface area contributed by atoms with Crippen LogP contribution >= 0.6 is 0 Å². The molecule has 30 heavy (non-hydrogen) atoms. The van der Waals surface area contributed by atoms with Gasteiger partial charge in [-0.05, 0) is 32.1 Å². The van der Waals surface area contributed by atoms with Gasteiger partial charge in [0, 0.05) is 6.20 Å². The first-order valence-corrected chi connectivity index (χ1v) is 10.5. The normalized spacial score (nSPS) is 13.2. The zero-order valence-corrected chi connectivity index (χ0v) is 18.1. The van der Waals surface area contributed by atoms with Gasteiger partial charge < -0.3 is 15.4 Å². The van der Waals surface area contributed by atoms with Gasteiger partial charge in [0.25, 0.3) is 10.9 Å². The van der Waals surface area contributed by atoms with Crippen molar-refractivity contribution in [2.45, 2.75) is 24.4 Å². The first kappa shape index (κ1) is 21.7. The molecule has 2 aromatic carbocycles. The van der Waals surface area contributed by atoms with Crippen molar-refractivity contribution in [2.24, 2.45) is 0 Å². The number of aromatic nitrogens is 1. The molecule has 3 aromatic rings. The standard InChI is InChI=1S/C21H24N4O4S/c1-5-14(13-9-7-6-8-10-13)23-16-17(19(27)18(16)26)24-15-11-12-22-21(20(15)29-4)30(28)25(2)3/h6-12,14,23H,5H2,1-4H3,(H,22,24)/t14-,30?/m1/s1.